The quantitative estimate of drug-likeness (QED) is 0.425. The third-order valence-electron chi connectivity index (χ3n) is 4.08. The van der Waals surface area contributed by atoms with Crippen LogP contribution in [0.4, 0.5) is 4.79 Å². The summed E-state index contributed by atoms with van der Waals surface area (Å²) in [5.74, 6) is -2.08. The summed E-state index contributed by atoms with van der Waals surface area (Å²) in [6, 6.07) is 7.35. The molecule has 0 saturated heterocycles. The molecule has 0 radical (unpaired) electrons. The van der Waals surface area contributed by atoms with Crippen LogP contribution in [0.1, 0.15) is 39.2 Å². The second-order valence-electron chi connectivity index (χ2n) is 6.94. The van der Waals surface area contributed by atoms with Gasteiger partial charge in [-0.25, -0.2) is 4.79 Å². The summed E-state index contributed by atoms with van der Waals surface area (Å²) in [7, 11) is 0. The van der Waals surface area contributed by atoms with E-state index in [-0.39, 0.29) is 18.8 Å². The number of carbonyl (C=O) groups is 4. The monoisotopic (exact) mass is 391 g/mol. The predicted octanol–water partition coefficient (Wildman–Crippen LogP) is 1.49. The first kappa shape index (κ1) is 23.1. The molecule has 0 saturated carbocycles. The molecular formula is C20H29N3O5. The normalized spacial score (nSPS) is 12.7. The molecule has 1 aromatic carbocycles. The number of benzene rings is 1. The first-order valence-corrected chi connectivity index (χ1v) is 9.40. The van der Waals surface area contributed by atoms with E-state index in [9.17, 15) is 19.2 Å². The summed E-state index contributed by atoms with van der Waals surface area (Å²) in [5.41, 5.74) is 0.966. The minimum atomic E-state index is -1.32. The van der Waals surface area contributed by atoms with Gasteiger partial charge in [-0.3, -0.25) is 14.4 Å². The van der Waals surface area contributed by atoms with Crippen LogP contribution in [-0.4, -0.2) is 47.4 Å². The van der Waals surface area contributed by atoms with E-state index in [0.717, 1.165) is 5.56 Å². The number of rotatable bonds is 11. The second kappa shape index (κ2) is 11.7. The van der Waals surface area contributed by atoms with Crippen molar-refractivity contribution in [1.82, 2.24) is 16.0 Å². The highest BCUT2D eigenvalue weighted by molar-refractivity contribution is 6.38. The molecule has 154 valence electrons. The van der Waals surface area contributed by atoms with E-state index >= 15 is 0 Å². The van der Waals surface area contributed by atoms with Crippen LogP contribution >= 0.6 is 0 Å². The van der Waals surface area contributed by atoms with Gasteiger partial charge < -0.3 is 21.1 Å². The zero-order valence-corrected chi connectivity index (χ0v) is 16.5. The van der Waals surface area contributed by atoms with Crippen molar-refractivity contribution in [1.29, 1.82) is 0 Å². The highest BCUT2D eigenvalue weighted by Crippen LogP contribution is 2.09. The zero-order chi connectivity index (χ0) is 21.1. The molecule has 0 fully saturated rings. The minimum absolute atomic E-state index is 0.0597. The lowest BCUT2D eigenvalue weighted by atomic mass is 9.99. The van der Waals surface area contributed by atoms with E-state index < -0.39 is 35.8 Å². The first-order valence-electron chi connectivity index (χ1n) is 9.40. The molecule has 0 aliphatic rings. The van der Waals surface area contributed by atoms with Crippen molar-refractivity contribution in [2.24, 2.45) is 5.92 Å². The molecule has 2 unspecified atom stereocenters. The molecule has 1 rings (SSSR count). The molecule has 0 aliphatic carbocycles. The lowest BCUT2D eigenvalue weighted by Crippen LogP contribution is -2.54. The molecule has 28 heavy (non-hydrogen) atoms. The first-order chi connectivity index (χ1) is 13.2. The van der Waals surface area contributed by atoms with Gasteiger partial charge in [0, 0.05) is 6.54 Å². The number of carbonyl (C=O) groups excluding carboxylic acids is 3. The fourth-order valence-corrected chi connectivity index (χ4v) is 2.75. The van der Waals surface area contributed by atoms with E-state index in [1.807, 2.05) is 44.2 Å². The molecule has 2 atom stereocenters. The van der Waals surface area contributed by atoms with Crippen LogP contribution in [0.3, 0.4) is 0 Å². The van der Waals surface area contributed by atoms with Crippen LogP contribution in [0.2, 0.25) is 0 Å². The molecule has 0 bridgehead atoms. The Labute approximate surface area is 165 Å². The van der Waals surface area contributed by atoms with E-state index in [0.29, 0.717) is 13.0 Å². The average molecular weight is 391 g/mol. The van der Waals surface area contributed by atoms with Gasteiger partial charge in [0.2, 0.25) is 11.7 Å². The van der Waals surface area contributed by atoms with Gasteiger partial charge in [-0.1, -0.05) is 44.2 Å². The largest absolute Gasteiger partial charge is 0.465 e. The van der Waals surface area contributed by atoms with Crippen LogP contribution < -0.4 is 16.0 Å². The Kier molecular flexibility index (Phi) is 9.70. The number of hydrogen-bond donors (Lipinski definition) is 4. The number of likely N-dealkylation sites (N-methyl/N-ethyl adjacent to an activating group) is 1. The van der Waals surface area contributed by atoms with Crippen molar-refractivity contribution in [2.75, 3.05) is 6.54 Å². The summed E-state index contributed by atoms with van der Waals surface area (Å²) in [4.78, 5) is 48.1. The Morgan fingerprint density at radius 1 is 1.00 bits per heavy atom. The molecular weight excluding hydrogens is 362 g/mol. The molecule has 4 N–H and O–H groups in total. The SMILES string of the molecule is CCNC(=O)C(=O)C(CCc1ccccc1)NC(=O)C(CC(C)C)NC(=O)O. The fraction of sp³-hybridized carbons (Fsp3) is 0.500. The van der Waals surface area contributed by atoms with E-state index in [1.54, 1.807) is 6.92 Å². The third-order valence-corrected chi connectivity index (χ3v) is 4.08. The van der Waals surface area contributed by atoms with Crippen molar-refractivity contribution >= 4 is 23.7 Å². The van der Waals surface area contributed by atoms with Gasteiger partial charge in [0.1, 0.15) is 6.04 Å². The van der Waals surface area contributed by atoms with E-state index in [2.05, 4.69) is 16.0 Å². The van der Waals surface area contributed by atoms with Crippen molar-refractivity contribution in [3.05, 3.63) is 35.9 Å². The Bertz CT molecular complexity index is 676. The number of carboxylic acid groups (broad SMARTS) is 1. The van der Waals surface area contributed by atoms with Gasteiger partial charge in [-0.2, -0.15) is 0 Å². The molecule has 0 aromatic heterocycles. The number of aryl methyl sites for hydroxylation is 1. The standard InChI is InChI=1S/C20H29N3O5/c1-4-21-19(26)17(24)15(11-10-14-8-6-5-7-9-14)22-18(25)16(12-13(2)3)23-20(27)28/h5-9,13,15-16,23H,4,10-12H2,1-3H3,(H,21,26)(H,22,25)(H,27,28). The molecule has 8 nitrogen and oxygen atoms in total. The van der Waals surface area contributed by atoms with Crippen LogP contribution in [0.25, 0.3) is 0 Å². The summed E-state index contributed by atoms with van der Waals surface area (Å²) in [6.45, 7) is 5.70. The smallest absolute Gasteiger partial charge is 0.405 e. The Morgan fingerprint density at radius 3 is 2.18 bits per heavy atom. The lowest BCUT2D eigenvalue weighted by molar-refractivity contribution is -0.140. The molecule has 1 aromatic rings. The van der Waals surface area contributed by atoms with Gasteiger partial charge >= 0.3 is 6.09 Å². The van der Waals surface area contributed by atoms with Crippen molar-refractivity contribution in [2.45, 2.75) is 52.1 Å². The van der Waals surface area contributed by atoms with Crippen LogP contribution in [0.5, 0.6) is 0 Å². The van der Waals surface area contributed by atoms with Crippen LogP contribution in [-0.2, 0) is 20.8 Å². The Hall–Kier alpha value is -2.90. The predicted molar refractivity (Wildman–Crippen MR) is 105 cm³/mol. The number of nitrogens with one attached hydrogen (secondary N) is 3. The topological polar surface area (TPSA) is 125 Å². The second-order valence-corrected chi connectivity index (χ2v) is 6.94. The number of Topliss-reactive ketones (excluding diaryl/α,β-unsaturated/α-hetero) is 1. The summed E-state index contributed by atoms with van der Waals surface area (Å²) < 4.78 is 0. The van der Waals surface area contributed by atoms with Crippen LogP contribution in [0.15, 0.2) is 30.3 Å². The van der Waals surface area contributed by atoms with Gasteiger partial charge in [0.25, 0.3) is 5.91 Å². The molecule has 8 heteroatoms. The molecule has 0 heterocycles. The van der Waals surface area contributed by atoms with Gasteiger partial charge in [-0.15, -0.1) is 0 Å². The maximum atomic E-state index is 12.6. The Morgan fingerprint density at radius 2 is 1.64 bits per heavy atom. The summed E-state index contributed by atoms with van der Waals surface area (Å²) in [6.07, 6.45) is -0.332. The zero-order valence-electron chi connectivity index (χ0n) is 16.5. The minimum Gasteiger partial charge on any atom is -0.465 e. The Balaban J connectivity index is 2.91. The number of hydrogen-bond acceptors (Lipinski definition) is 4. The molecule has 3 amide bonds. The maximum Gasteiger partial charge on any atom is 0.405 e. The number of amides is 3. The van der Waals surface area contributed by atoms with Crippen LogP contribution in [0, 0.1) is 5.92 Å². The maximum absolute atomic E-state index is 12.6. The van der Waals surface area contributed by atoms with Crippen molar-refractivity contribution < 1.29 is 24.3 Å². The molecule has 0 spiro atoms. The molecule has 0 aliphatic heterocycles. The summed E-state index contributed by atoms with van der Waals surface area (Å²) in [5, 5.41) is 16.2. The van der Waals surface area contributed by atoms with Gasteiger partial charge in [-0.05, 0) is 37.7 Å². The van der Waals surface area contributed by atoms with Gasteiger partial charge in [0.05, 0.1) is 6.04 Å². The highest BCUT2D eigenvalue weighted by atomic mass is 16.4. The third kappa shape index (κ3) is 8.20. The highest BCUT2D eigenvalue weighted by Gasteiger charge is 2.30. The van der Waals surface area contributed by atoms with Gasteiger partial charge in [0.15, 0.2) is 0 Å². The lowest BCUT2D eigenvalue weighted by Gasteiger charge is -2.23. The van der Waals surface area contributed by atoms with Crippen molar-refractivity contribution in [3.8, 4) is 0 Å². The number of ketones is 1. The van der Waals surface area contributed by atoms with E-state index in [1.165, 1.54) is 0 Å². The van der Waals surface area contributed by atoms with E-state index in [4.69, 9.17) is 5.11 Å². The fourth-order valence-electron chi connectivity index (χ4n) is 2.75. The van der Waals surface area contributed by atoms with Crippen molar-refractivity contribution in [3.63, 3.8) is 0 Å². The average Bonchev–Trinajstić information content (AvgIpc) is 2.64. The summed E-state index contributed by atoms with van der Waals surface area (Å²) >= 11 is 0.